The fraction of sp³-hybridized carbons (Fsp3) is 0.154. The molecule has 2 aromatic rings. The number of nitrogens with zero attached hydrogens (tertiary/aromatic N) is 3. The lowest BCUT2D eigenvalue weighted by Crippen LogP contribution is -2.31. The number of amides is 1. The molecule has 3 N–H and O–H groups in total. The molecule has 0 saturated carbocycles. The topological polar surface area (TPSA) is 85.8 Å². The molecule has 0 unspecified atom stereocenters. The van der Waals surface area contributed by atoms with Gasteiger partial charge in [0.05, 0.1) is 5.57 Å². The average Bonchev–Trinajstić information content (AvgIpc) is 2.85. The third-order valence-corrected chi connectivity index (χ3v) is 3.25. The number of halogens is 1. The lowest BCUT2D eigenvalue weighted by Gasteiger charge is -2.27. The van der Waals surface area contributed by atoms with Crippen LogP contribution in [0, 0.1) is 5.82 Å². The van der Waals surface area contributed by atoms with Gasteiger partial charge in [-0.3, -0.25) is 4.79 Å². The van der Waals surface area contributed by atoms with Gasteiger partial charge in [0, 0.05) is 5.70 Å². The minimum absolute atomic E-state index is 0.345. The normalized spacial score (nSPS) is 17.6. The molecule has 102 valence electrons. The van der Waals surface area contributed by atoms with E-state index in [1.165, 1.54) is 18.5 Å². The Morgan fingerprint density at radius 3 is 2.75 bits per heavy atom. The van der Waals surface area contributed by atoms with Gasteiger partial charge in [0.2, 0.25) is 11.9 Å². The fourth-order valence-corrected chi connectivity index (χ4v) is 2.36. The zero-order valence-corrected chi connectivity index (χ0v) is 10.7. The van der Waals surface area contributed by atoms with Crippen molar-refractivity contribution in [1.29, 1.82) is 0 Å². The Bertz CT molecular complexity index is 704. The molecule has 1 aliphatic rings. The van der Waals surface area contributed by atoms with Crippen LogP contribution in [0.1, 0.15) is 18.5 Å². The molecule has 2 heterocycles. The number of hydrogen-bond acceptors (Lipinski definition) is 4. The van der Waals surface area contributed by atoms with Crippen molar-refractivity contribution < 1.29 is 9.18 Å². The number of allylic oxidation sites excluding steroid dienone is 1. The zero-order valence-electron chi connectivity index (χ0n) is 10.7. The Hall–Kier alpha value is -2.70. The van der Waals surface area contributed by atoms with Crippen LogP contribution in [0.25, 0.3) is 0 Å². The Labute approximate surface area is 114 Å². The quantitative estimate of drug-likeness (QED) is 0.860. The zero-order chi connectivity index (χ0) is 14.3. The van der Waals surface area contributed by atoms with Gasteiger partial charge < -0.3 is 11.1 Å². The number of carbonyl (C=O) groups excluding carboxylic acids is 1. The number of primary amides is 1. The van der Waals surface area contributed by atoms with Crippen molar-refractivity contribution >= 4 is 11.9 Å². The van der Waals surface area contributed by atoms with Gasteiger partial charge in [0.1, 0.15) is 18.2 Å². The molecule has 1 atom stereocenters. The summed E-state index contributed by atoms with van der Waals surface area (Å²) in [4.78, 5) is 15.8. The first-order valence-electron chi connectivity index (χ1n) is 6.00. The molecule has 20 heavy (non-hydrogen) atoms. The Balaban J connectivity index is 2.19. The van der Waals surface area contributed by atoms with E-state index in [9.17, 15) is 9.18 Å². The Kier molecular flexibility index (Phi) is 2.74. The number of benzene rings is 1. The van der Waals surface area contributed by atoms with Crippen LogP contribution in [0.3, 0.4) is 0 Å². The second-order valence-electron chi connectivity index (χ2n) is 4.51. The van der Waals surface area contributed by atoms with Crippen LogP contribution in [0.5, 0.6) is 0 Å². The minimum atomic E-state index is -0.550. The predicted octanol–water partition coefficient (Wildman–Crippen LogP) is 1.19. The van der Waals surface area contributed by atoms with E-state index in [0.717, 1.165) is 0 Å². The molecule has 7 heteroatoms. The number of nitrogens with one attached hydrogen (secondary N) is 1. The second-order valence-corrected chi connectivity index (χ2v) is 4.51. The molecule has 1 amide bonds. The smallest absolute Gasteiger partial charge is 0.248 e. The third-order valence-electron chi connectivity index (χ3n) is 3.25. The van der Waals surface area contributed by atoms with E-state index in [1.54, 1.807) is 23.7 Å². The summed E-state index contributed by atoms with van der Waals surface area (Å²) in [6.45, 7) is 1.74. The molecule has 0 aliphatic carbocycles. The summed E-state index contributed by atoms with van der Waals surface area (Å²) in [5.41, 5.74) is 7.19. The number of nitrogens with two attached hydrogens (primary N) is 1. The van der Waals surface area contributed by atoms with Crippen molar-refractivity contribution in [2.75, 3.05) is 5.32 Å². The summed E-state index contributed by atoms with van der Waals surface area (Å²) in [6.07, 6.45) is 1.38. The molecule has 0 spiro atoms. The number of carbonyl (C=O) groups is 1. The first kappa shape index (κ1) is 12.3. The summed E-state index contributed by atoms with van der Waals surface area (Å²) < 4.78 is 14.6. The summed E-state index contributed by atoms with van der Waals surface area (Å²) in [5, 5.41) is 7.09. The predicted molar refractivity (Wildman–Crippen MR) is 70.1 cm³/mol. The number of anilines is 1. The van der Waals surface area contributed by atoms with Crippen LogP contribution in [0.2, 0.25) is 0 Å². The van der Waals surface area contributed by atoms with E-state index in [4.69, 9.17) is 5.73 Å². The van der Waals surface area contributed by atoms with Crippen LogP contribution in [-0.2, 0) is 4.79 Å². The second kappa shape index (κ2) is 4.44. The van der Waals surface area contributed by atoms with Crippen LogP contribution >= 0.6 is 0 Å². The van der Waals surface area contributed by atoms with Gasteiger partial charge in [-0.15, -0.1) is 0 Å². The molecule has 1 aromatic carbocycles. The maximum atomic E-state index is 13.1. The van der Waals surface area contributed by atoms with Crippen molar-refractivity contribution in [2.45, 2.75) is 13.0 Å². The maximum Gasteiger partial charge on any atom is 0.248 e. The van der Waals surface area contributed by atoms with Gasteiger partial charge in [-0.2, -0.15) is 10.1 Å². The molecular formula is C13H12FN5O. The van der Waals surface area contributed by atoms with E-state index < -0.39 is 11.9 Å². The highest BCUT2D eigenvalue weighted by atomic mass is 19.1. The lowest BCUT2D eigenvalue weighted by atomic mass is 9.95. The van der Waals surface area contributed by atoms with Crippen LogP contribution in [-0.4, -0.2) is 20.7 Å². The van der Waals surface area contributed by atoms with Gasteiger partial charge in [-0.05, 0) is 24.6 Å². The highest BCUT2D eigenvalue weighted by Gasteiger charge is 2.31. The average molecular weight is 273 g/mol. The largest absolute Gasteiger partial charge is 0.366 e. The van der Waals surface area contributed by atoms with Crippen LogP contribution < -0.4 is 11.1 Å². The minimum Gasteiger partial charge on any atom is -0.366 e. The number of fused-ring (bicyclic) bond motifs is 1. The van der Waals surface area contributed by atoms with Gasteiger partial charge in [0.25, 0.3) is 0 Å². The molecule has 0 fully saturated rings. The van der Waals surface area contributed by atoms with E-state index in [1.807, 2.05) is 0 Å². The molecule has 1 aromatic heterocycles. The van der Waals surface area contributed by atoms with Gasteiger partial charge in [-0.25, -0.2) is 9.07 Å². The van der Waals surface area contributed by atoms with Gasteiger partial charge in [-0.1, -0.05) is 12.1 Å². The van der Waals surface area contributed by atoms with Crippen molar-refractivity contribution in [3.05, 3.63) is 53.2 Å². The fourth-order valence-electron chi connectivity index (χ4n) is 2.36. The number of aromatic nitrogens is 3. The summed E-state index contributed by atoms with van der Waals surface area (Å²) in [7, 11) is 0. The summed E-state index contributed by atoms with van der Waals surface area (Å²) >= 11 is 0. The maximum absolute atomic E-state index is 13.1. The van der Waals surface area contributed by atoms with Crippen LogP contribution in [0.15, 0.2) is 41.9 Å². The number of rotatable bonds is 2. The van der Waals surface area contributed by atoms with E-state index in [-0.39, 0.29) is 5.82 Å². The van der Waals surface area contributed by atoms with E-state index >= 15 is 0 Å². The van der Waals surface area contributed by atoms with Crippen molar-refractivity contribution in [2.24, 2.45) is 5.73 Å². The number of hydrogen-bond donors (Lipinski definition) is 2. The van der Waals surface area contributed by atoms with Crippen molar-refractivity contribution in [3.8, 4) is 0 Å². The van der Waals surface area contributed by atoms with Crippen molar-refractivity contribution in [3.63, 3.8) is 0 Å². The molecule has 1 aliphatic heterocycles. The first-order valence-corrected chi connectivity index (χ1v) is 6.00. The Morgan fingerprint density at radius 1 is 1.40 bits per heavy atom. The van der Waals surface area contributed by atoms with Gasteiger partial charge >= 0.3 is 0 Å². The highest BCUT2D eigenvalue weighted by molar-refractivity contribution is 5.95. The van der Waals surface area contributed by atoms with E-state index in [2.05, 4.69) is 15.4 Å². The Morgan fingerprint density at radius 2 is 2.10 bits per heavy atom. The SMILES string of the molecule is CC1=C(C(N)=O)[C@@H](c2ccc(F)cc2)n2ncnc2N1. The molecule has 0 saturated heterocycles. The molecule has 0 bridgehead atoms. The highest BCUT2D eigenvalue weighted by Crippen LogP contribution is 2.34. The third kappa shape index (κ3) is 1.83. The van der Waals surface area contributed by atoms with E-state index in [0.29, 0.717) is 22.8 Å². The van der Waals surface area contributed by atoms with Crippen LogP contribution in [0.4, 0.5) is 10.3 Å². The molecule has 3 rings (SSSR count). The monoisotopic (exact) mass is 273 g/mol. The standard InChI is InChI=1S/C13H12FN5O/c1-7-10(12(15)20)11(8-2-4-9(14)5-3-8)19-13(18-7)16-6-17-19/h2-6,11H,1H3,(H2,15,20)(H,16,17,18)/t11-/m1/s1. The first-order chi connectivity index (χ1) is 9.58. The summed E-state index contributed by atoms with van der Waals surface area (Å²) in [5.74, 6) is -0.380. The van der Waals surface area contributed by atoms with Gasteiger partial charge in [0.15, 0.2) is 0 Å². The molecular weight excluding hydrogens is 261 g/mol. The molecule has 0 radical (unpaired) electrons. The lowest BCUT2D eigenvalue weighted by molar-refractivity contribution is -0.115. The van der Waals surface area contributed by atoms with Crippen molar-refractivity contribution in [1.82, 2.24) is 14.8 Å². The molecule has 6 nitrogen and oxygen atoms in total. The summed E-state index contributed by atoms with van der Waals surface area (Å²) in [6, 6.07) is 5.37.